The number of alkyl halides is 1. The molecule has 100 valence electrons. The van der Waals surface area contributed by atoms with E-state index in [1.165, 1.54) is 0 Å². The van der Waals surface area contributed by atoms with Gasteiger partial charge in [-0.1, -0.05) is 23.7 Å². The van der Waals surface area contributed by atoms with E-state index in [0.717, 1.165) is 10.6 Å². The third kappa shape index (κ3) is 21.9. The smallest absolute Gasteiger partial charge is 0.314 e. The molecule has 0 aliphatic heterocycles. The van der Waals surface area contributed by atoms with Crippen LogP contribution in [0.25, 0.3) is 0 Å². The van der Waals surface area contributed by atoms with E-state index < -0.39 is 16.5 Å². The molecule has 0 radical (unpaired) electrons. The van der Waals surface area contributed by atoms with Gasteiger partial charge in [0.05, 0.1) is 0 Å². The Balaban J connectivity index is 0. The lowest BCUT2D eigenvalue weighted by molar-refractivity contribution is 0.403. The van der Waals surface area contributed by atoms with E-state index in [4.69, 9.17) is 51.9 Å². The summed E-state index contributed by atoms with van der Waals surface area (Å²) in [5.74, 6) is 0.553. The predicted molar refractivity (Wildman–Crippen MR) is 67.9 cm³/mol. The molecule has 0 aliphatic rings. The Hall–Kier alpha value is 0.1000. The predicted octanol–water partition coefficient (Wildman–Crippen LogP) is 1.80. The lowest BCUT2D eigenvalue weighted by atomic mass is 10.2. The zero-order chi connectivity index (χ0) is 13.8. The summed E-state index contributed by atoms with van der Waals surface area (Å²) in [6.07, 6.45) is 0. The normalized spacial score (nSPS) is 9.18. The molecule has 0 heterocycles. The largest absolute Gasteiger partial charge is 0.326 e. The first kappa shape index (κ1) is 19.4. The van der Waals surface area contributed by atoms with Crippen molar-refractivity contribution in [3.05, 3.63) is 34.9 Å². The van der Waals surface area contributed by atoms with Gasteiger partial charge in [-0.3, -0.25) is 9.13 Å². The molecule has 0 saturated heterocycles. The van der Waals surface area contributed by atoms with Crippen LogP contribution in [0.2, 0.25) is 5.02 Å². The summed E-state index contributed by atoms with van der Waals surface area (Å²) in [4.78, 5) is 28.6. The van der Waals surface area contributed by atoms with Crippen LogP contribution >= 0.6 is 39.7 Å². The summed E-state index contributed by atoms with van der Waals surface area (Å²) in [6.45, 7) is 0. The second-order valence-electron chi connectivity index (χ2n) is 2.33. The van der Waals surface area contributed by atoms with Crippen LogP contribution in [0.4, 0.5) is 0 Å². The van der Waals surface area contributed by atoms with Crippen molar-refractivity contribution in [1.29, 1.82) is 0 Å². The van der Waals surface area contributed by atoms with Crippen LogP contribution in [-0.2, 0) is 15.0 Å². The highest BCUT2D eigenvalue weighted by Crippen LogP contribution is 2.10. The molecule has 0 bridgehead atoms. The summed E-state index contributed by atoms with van der Waals surface area (Å²) in [6, 6.07) is 7.49. The molecule has 6 nitrogen and oxygen atoms in total. The van der Waals surface area contributed by atoms with E-state index in [-0.39, 0.29) is 0 Å². The van der Waals surface area contributed by atoms with Crippen LogP contribution in [0.15, 0.2) is 24.3 Å². The number of halogens is 2. The Kier molecular flexibility index (Phi) is 14.4. The van der Waals surface area contributed by atoms with Gasteiger partial charge in [0.25, 0.3) is 0 Å². The van der Waals surface area contributed by atoms with Crippen molar-refractivity contribution in [2.24, 2.45) is 0 Å². The first-order valence-corrected chi connectivity index (χ1v) is 7.45. The van der Waals surface area contributed by atoms with Crippen molar-refractivity contribution in [2.45, 2.75) is 5.88 Å². The quantitative estimate of drug-likeness (QED) is 0.462. The Morgan fingerprint density at radius 1 is 0.941 bits per heavy atom. The molecule has 0 unspecified atom stereocenters. The zero-order valence-electron chi connectivity index (χ0n) is 8.38. The fourth-order valence-corrected chi connectivity index (χ4v) is 0.878. The van der Waals surface area contributed by atoms with Gasteiger partial charge < -0.3 is 19.6 Å². The molecule has 0 spiro atoms. The van der Waals surface area contributed by atoms with E-state index in [0.29, 0.717) is 5.88 Å². The van der Waals surface area contributed by atoms with E-state index in [1.807, 2.05) is 24.3 Å². The SMILES string of the molecule is ClCc1ccc(Cl)cc1.O=[PH](O)O.O=[PH](O)O. The average Bonchev–Trinajstić information content (AvgIpc) is 2.17. The van der Waals surface area contributed by atoms with Gasteiger partial charge in [0, 0.05) is 10.9 Å². The molecule has 1 rings (SSSR count). The molecular weight excluding hydrogens is 313 g/mol. The minimum absolute atomic E-state index is 0.553. The average molecular weight is 325 g/mol. The first-order chi connectivity index (χ1) is 7.79. The van der Waals surface area contributed by atoms with Gasteiger partial charge in [-0.25, -0.2) is 0 Å². The van der Waals surface area contributed by atoms with E-state index in [2.05, 4.69) is 0 Å². The van der Waals surface area contributed by atoms with Crippen molar-refractivity contribution in [1.82, 2.24) is 0 Å². The van der Waals surface area contributed by atoms with Crippen LogP contribution in [0.3, 0.4) is 0 Å². The Bertz CT molecular complexity index is 325. The number of benzene rings is 1. The fourth-order valence-electron chi connectivity index (χ4n) is 0.573. The highest BCUT2D eigenvalue weighted by atomic mass is 35.5. The number of rotatable bonds is 1. The third-order valence-corrected chi connectivity index (χ3v) is 1.63. The molecule has 1 aromatic carbocycles. The van der Waals surface area contributed by atoms with Crippen LogP contribution in [0, 0.1) is 0 Å². The molecule has 0 fully saturated rings. The highest BCUT2D eigenvalue weighted by molar-refractivity contribution is 7.31. The van der Waals surface area contributed by atoms with Crippen LogP contribution in [0.1, 0.15) is 5.56 Å². The van der Waals surface area contributed by atoms with Gasteiger partial charge in [-0.05, 0) is 17.7 Å². The second-order valence-corrected chi connectivity index (χ2v) is 4.16. The molecule has 0 amide bonds. The van der Waals surface area contributed by atoms with Crippen LogP contribution in [-0.4, -0.2) is 19.6 Å². The summed E-state index contributed by atoms with van der Waals surface area (Å²) in [7, 11) is -6.26. The van der Waals surface area contributed by atoms with Gasteiger partial charge in [0.1, 0.15) is 0 Å². The van der Waals surface area contributed by atoms with Gasteiger partial charge in [-0.2, -0.15) is 0 Å². The van der Waals surface area contributed by atoms with Gasteiger partial charge in [0.2, 0.25) is 0 Å². The molecular formula is C7H12Cl2O6P2. The van der Waals surface area contributed by atoms with Crippen LogP contribution in [0.5, 0.6) is 0 Å². The molecule has 0 atom stereocenters. The third-order valence-electron chi connectivity index (χ3n) is 1.07. The first-order valence-electron chi connectivity index (χ1n) is 3.93. The fraction of sp³-hybridized carbons (Fsp3) is 0.143. The maximum Gasteiger partial charge on any atom is 0.314 e. The van der Waals surface area contributed by atoms with Gasteiger partial charge in [0.15, 0.2) is 0 Å². The molecule has 10 heteroatoms. The standard InChI is InChI=1S/C7H6Cl2.2H3O3P/c8-5-6-1-3-7(9)4-2-6;2*1-4(2)3/h1-4H,5H2;2*4H,(H2,1,2,3). The van der Waals surface area contributed by atoms with E-state index in [9.17, 15) is 0 Å². The van der Waals surface area contributed by atoms with Crippen molar-refractivity contribution in [3.8, 4) is 0 Å². The topological polar surface area (TPSA) is 115 Å². The maximum atomic E-state index is 8.74. The lowest BCUT2D eigenvalue weighted by Crippen LogP contribution is -1.73. The summed E-state index contributed by atoms with van der Waals surface area (Å²) in [5.41, 5.74) is 1.10. The van der Waals surface area contributed by atoms with E-state index >= 15 is 0 Å². The summed E-state index contributed by atoms with van der Waals surface area (Å²) >= 11 is 11.2. The molecule has 4 N–H and O–H groups in total. The van der Waals surface area contributed by atoms with Crippen LogP contribution < -0.4 is 0 Å². The summed E-state index contributed by atoms with van der Waals surface area (Å²) < 4.78 is 17.5. The maximum absolute atomic E-state index is 8.74. The van der Waals surface area contributed by atoms with E-state index in [1.54, 1.807) is 0 Å². The zero-order valence-corrected chi connectivity index (χ0v) is 11.9. The number of hydrogen-bond donors (Lipinski definition) is 4. The molecule has 1 aromatic rings. The Morgan fingerprint density at radius 2 is 1.24 bits per heavy atom. The second kappa shape index (κ2) is 12.6. The molecule has 0 aliphatic carbocycles. The molecule has 0 saturated carbocycles. The van der Waals surface area contributed by atoms with Gasteiger partial charge in [-0.15, -0.1) is 11.6 Å². The lowest BCUT2D eigenvalue weighted by Gasteiger charge is -1.91. The molecule has 0 aromatic heterocycles. The number of hydrogen-bond acceptors (Lipinski definition) is 2. The minimum Gasteiger partial charge on any atom is -0.326 e. The minimum atomic E-state index is -3.13. The Labute approximate surface area is 109 Å². The highest BCUT2D eigenvalue weighted by Gasteiger charge is 1.87. The van der Waals surface area contributed by atoms with Crippen molar-refractivity contribution in [2.75, 3.05) is 0 Å². The van der Waals surface area contributed by atoms with Gasteiger partial charge >= 0.3 is 16.5 Å². The monoisotopic (exact) mass is 324 g/mol. The Morgan fingerprint density at radius 3 is 1.47 bits per heavy atom. The van der Waals surface area contributed by atoms with Crippen molar-refractivity contribution in [3.63, 3.8) is 0 Å². The molecule has 17 heavy (non-hydrogen) atoms. The van der Waals surface area contributed by atoms with Crippen molar-refractivity contribution >= 4 is 39.7 Å². The summed E-state index contributed by atoms with van der Waals surface area (Å²) in [5, 5.41) is 0.754. The van der Waals surface area contributed by atoms with Crippen molar-refractivity contribution < 1.29 is 28.7 Å².